The Morgan fingerprint density at radius 2 is 2.13 bits per heavy atom. The molecule has 0 saturated heterocycles. The molecule has 0 fully saturated rings. The van der Waals surface area contributed by atoms with Crippen LogP contribution in [-0.4, -0.2) is 44.3 Å². The molecular weight excluding hydrogens is 290 g/mol. The lowest BCUT2D eigenvalue weighted by atomic mass is 10.0. The van der Waals surface area contributed by atoms with Crippen LogP contribution in [0, 0.1) is 12.3 Å². The minimum Gasteiger partial charge on any atom is -0.463 e. The van der Waals surface area contributed by atoms with Crippen molar-refractivity contribution in [3.8, 4) is 12.3 Å². The van der Waals surface area contributed by atoms with Gasteiger partial charge >= 0.3 is 5.97 Å². The summed E-state index contributed by atoms with van der Waals surface area (Å²) in [5.41, 5.74) is 1.22. The summed E-state index contributed by atoms with van der Waals surface area (Å²) in [4.78, 5) is 13.3. The molecule has 1 unspecified atom stereocenters. The SMILES string of the molecule is C#CCN(C)C(CCOCC=CC(=O)OCC)c1ccccc1. The van der Waals surface area contributed by atoms with Crippen molar-refractivity contribution in [3.63, 3.8) is 0 Å². The molecule has 0 N–H and O–H groups in total. The van der Waals surface area contributed by atoms with Gasteiger partial charge in [-0.2, -0.15) is 0 Å². The minimum atomic E-state index is -0.341. The quantitative estimate of drug-likeness (QED) is 0.288. The molecular formula is C19H25NO3. The van der Waals surface area contributed by atoms with Crippen LogP contribution < -0.4 is 0 Å². The first kappa shape index (κ1) is 19.0. The molecule has 124 valence electrons. The number of esters is 1. The molecule has 1 atom stereocenters. The van der Waals surface area contributed by atoms with E-state index in [1.165, 1.54) is 11.6 Å². The number of carbonyl (C=O) groups excluding carboxylic acids is 1. The molecule has 0 radical (unpaired) electrons. The van der Waals surface area contributed by atoms with Crippen LogP contribution in [0.2, 0.25) is 0 Å². The normalized spacial score (nSPS) is 12.3. The van der Waals surface area contributed by atoms with Crippen molar-refractivity contribution in [2.75, 3.05) is 33.4 Å². The average molecular weight is 315 g/mol. The molecule has 23 heavy (non-hydrogen) atoms. The summed E-state index contributed by atoms with van der Waals surface area (Å²) in [7, 11) is 2.01. The molecule has 4 heteroatoms. The third-order valence-electron chi connectivity index (χ3n) is 3.35. The third kappa shape index (κ3) is 7.64. The number of benzene rings is 1. The Balaban J connectivity index is 2.43. The maximum Gasteiger partial charge on any atom is 0.330 e. The van der Waals surface area contributed by atoms with Crippen molar-refractivity contribution in [2.24, 2.45) is 0 Å². The lowest BCUT2D eigenvalue weighted by Crippen LogP contribution is -2.26. The van der Waals surface area contributed by atoms with E-state index in [-0.39, 0.29) is 12.0 Å². The van der Waals surface area contributed by atoms with Gasteiger partial charge in [0.25, 0.3) is 0 Å². The number of terminal acetylenes is 1. The number of hydrogen-bond donors (Lipinski definition) is 0. The molecule has 0 aliphatic carbocycles. The van der Waals surface area contributed by atoms with Crippen LogP contribution in [0.25, 0.3) is 0 Å². The fourth-order valence-corrected chi connectivity index (χ4v) is 2.25. The Hall–Kier alpha value is -2.09. The van der Waals surface area contributed by atoms with E-state index in [1.807, 2.05) is 25.2 Å². The molecule has 0 aliphatic heterocycles. The van der Waals surface area contributed by atoms with Crippen LogP contribution in [0.1, 0.15) is 24.9 Å². The zero-order chi connectivity index (χ0) is 16.9. The molecule has 1 aromatic rings. The first-order chi connectivity index (χ1) is 11.2. The van der Waals surface area contributed by atoms with Crippen molar-refractivity contribution in [3.05, 3.63) is 48.0 Å². The van der Waals surface area contributed by atoms with Gasteiger partial charge in [0, 0.05) is 18.7 Å². The monoisotopic (exact) mass is 315 g/mol. The van der Waals surface area contributed by atoms with Crippen molar-refractivity contribution >= 4 is 5.97 Å². The molecule has 1 aromatic carbocycles. The molecule has 0 aliphatic rings. The van der Waals surface area contributed by atoms with Gasteiger partial charge < -0.3 is 9.47 Å². The Labute approximate surface area is 139 Å². The summed E-state index contributed by atoms with van der Waals surface area (Å²) in [6.45, 7) is 3.71. The standard InChI is InChI=1S/C19H25NO3/c1-4-14-20(3)18(17-10-7-6-8-11-17)13-16-22-15-9-12-19(21)23-5-2/h1,6-12,18H,5,13-16H2,2-3H3. The summed E-state index contributed by atoms with van der Waals surface area (Å²) in [5, 5.41) is 0. The van der Waals surface area contributed by atoms with Gasteiger partial charge in [-0.1, -0.05) is 42.3 Å². The summed E-state index contributed by atoms with van der Waals surface area (Å²) in [6, 6.07) is 10.4. The van der Waals surface area contributed by atoms with Gasteiger partial charge in [0.1, 0.15) is 0 Å². The molecule has 0 bridgehead atoms. The van der Waals surface area contributed by atoms with Crippen LogP contribution >= 0.6 is 0 Å². The van der Waals surface area contributed by atoms with Gasteiger partial charge in [-0.25, -0.2) is 4.79 Å². The van der Waals surface area contributed by atoms with Gasteiger partial charge in [-0.15, -0.1) is 6.42 Å². The van der Waals surface area contributed by atoms with E-state index in [0.717, 1.165) is 6.42 Å². The van der Waals surface area contributed by atoms with Crippen LogP contribution in [0.15, 0.2) is 42.5 Å². The van der Waals surface area contributed by atoms with Crippen molar-refractivity contribution < 1.29 is 14.3 Å². The lowest BCUT2D eigenvalue weighted by Gasteiger charge is -2.26. The second-order valence-electron chi connectivity index (χ2n) is 5.06. The highest BCUT2D eigenvalue weighted by Gasteiger charge is 2.15. The summed E-state index contributed by atoms with van der Waals surface area (Å²) >= 11 is 0. The summed E-state index contributed by atoms with van der Waals surface area (Å²) < 4.78 is 10.4. The van der Waals surface area contributed by atoms with Crippen LogP contribution in [-0.2, 0) is 14.3 Å². The Morgan fingerprint density at radius 3 is 2.78 bits per heavy atom. The molecule has 0 amide bonds. The lowest BCUT2D eigenvalue weighted by molar-refractivity contribution is -0.137. The van der Waals surface area contributed by atoms with E-state index in [1.54, 1.807) is 13.0 Å². The molecule has 0 saturated carbocycles. The second kappa shape index (κ2) is 11.5. The van der Waals surface area contributed by atoms with E-state index < -0.39 is 0 Å². The van der Waals surface area contributed by atoms with Crippen LogP contribution in [0.5, 0.6) is 0 Å². The van der Waals surface area contributed by atoms with E-state index in [4.69, 9.17) is 15.9 Å². The highest BCUT2D eigenvalue weighted by Crippen LogP contribution is 2.22. The highest BCUT2D eigenvalue weighted by atomic mass is 16.5. The molecule has 0 aromatic heterocycles. The predicted octanol–water partition coefficient (Wildman–Crippen LogP) is 2.82. The van der Waals surface area contributed by atoms with Gasteiger partial charge in [-0.05, 0) is 26.0 Å². The molecule has 4 nitrogen and oxygen atoms in total. The zero-order valence-electron chi connectivity index (χ0n) is 13.9. The third-order valence-corrected chi connectivity index (χ3v) is 3.35. The number of nitrogens with zero attached hydrogens (tertiary/aromatic N) is 1. The number of ether oxygens (including phenoxy) is 2. The Kier molecular flexibility index (Phi) is 9.46. The smallest absolute Gasteiger partial charge is 0.330 e. The van der Waals surface area contributed by atoms with Gasteiger partial charge in [0.05, 0.1) is 19.8 Å². The first-order valence-electron chi connectivity index (χ1n) is 7.78. The maximum atomic E-state index is 11.1. The van der Waals surface area contributed by atoms with E-state index in [9.17, 15) is 4.79 Å². The maximum absolute atomic E-state index is 11.1. The van der Waals surface area contributed by atoms with E-state index in [2.05, 4.69) is 23.0 Å². The average Bonchev–Trinajstić information content (AvgIpc) is 2.55. The van der Waals surface area contributed by atoms with E-state index in [0.29, 0.717) is 26.4 Å². The number of rotatable bonds is 10. The van der Waals surface area contributed by atoms with Crippen LogP contribution in [0.3, 0.4) is 0 Å². The Bertz CT molecular complexity index is 519. The number of carbonyl (C=O) groups is 1. The van der Waals surface area contributed by atoms with Gasteiger partial charge in [-0.3, -0.25) is 4.90 Å². The fraction of sp³-hybridized carbons (Fsp3) is 0.421. The fourth-order valence-electron chi connectivity index (χ4n) is 2.25. The van der Waals surface area contributed by atoms with Gasteiger partial charge in [0.2, 0.25) is 0 Å². The van der Waals surface area contributed by atoms with Crippen molar-refractivity contribution in [1.29, 1.82) is 0 Å². The minimum absolute atomic E-state index is 0.210. The highest BCUT2D eigenvalue weighted by molar-refractivity contribution is 5.81. The first-order valence-corrected chi connectivity index (χ1v) is 7.78. The van der Waals surface area contributed by atoms with E-state index >= 15 is 0 Å². The second-order valence-corrected chi connectivity index (χ2v) is 5.06. The summed E-state index contributed by atoms with van der Waals surface area (Å²) in [6.07, 6.45) is 9.30. The summed E-state index contributed by atoms with van der Waals surface area (Å²) in [5.74, 6) is 2.33. The Morgan fingerprint density at radius 1 is 1.39 bits per heavy atom. The van der Waals surface area contributed by atoms with Crippen molar-refractivity contribution in [1.82, 2.24) is 4.90 Å². The van der Waals surface area contributed by atoms with Crippen LogP contribution in [0.4, 0.5) is 0 Å². The van der Waals surface area contributed by atoms with Crippen molar-refractivity contribution in [2.45, 2.75) is 19.4 Å². The topological polar surface area (TPSA) is 38.8 Å². The molecule has 0 spiro atoms. The number of hydrogen-bond acceptors (Lipinski definition) is 4. The molecule has 0 heterocycles. The predicted molar refractivity (Wildman–Crippen MR) is 91.9 cm³/mol. The van der Waals surface area contributed by atoms with Gasteiger partial charge in [0.15, 0.2) is 0 Å². The largest absolute Gasteiger partial charge is 0.463 e. The zero-order valence-corrected chi connectivity index (χ0v) is 13.9. The molecule has 1 rings (SSSR count).